The summed E-state index contributed by atoms with van der Waals surface area (Å²) in [6.45, 7) is 1.68. The van der Waals surface area contributed by atoms with E-state index < -0.39 is 124 Å². The Hall–Kier alpha value is -2.51. The Morgan fingerprint density at radius 1 is 0.387 bits per heavy atom. The lowest BCUT2D eigenvalue weighted by atomic mass is 9.96. The fraction of sp³-hybridized carbons (Fsp3) is 0.851. The molecule has 19 heteroatoms. The minimum absolute atomic E-state index is 0.214. The van der Waals surface area contributed by atoms with Crippen molar-refractivity contribution in [1.29, 1.82) is 0 Å². The van der Waals surface area contributed by atoms with Crippen LogP contribution in [-0.2, 0) is 33.2 Å². The van der Waals surface area contributed by atoms with Crippen molar-refractivity contribution in [2.75, 3.05) is 26.4 Å². The molecule has 3 rings (SSSR count). The number of ether oxygens (including phenoxy) is 6. The molecule has 0 aromatic rings. The molecule has 3 heterocycles. The second-order valence-corrected chi connectivity index (χ2v) is 26.4. The van der Waals surface area contributed by atoms with Crippen LogP contribution in [0.2, 0.25) is 0 Å². The zero-order valence-corrected chi connectivity index (χ0v) is 57.5. The van der Waals surface area contributed by atoms with Gasteiger partial charge in [-0.2, -0.15) is 0 Å². The molecule has 3 saturated heterocycles. The molecule has 3 aliphatic rings. The maximum absolute atomic E-state index is 13.4. The highest BCUT2D eigenvalue weighted by molar-refractivity contribution is 5.76. The lowest BCUT2D eigenvalue weighted by Crippen LogP contribution is -2.66. The van der Waals surface area contributed by atoms with Crippen molar-refractivity contribution in [2.24, 2.45) is 0 Å². The summed E-state index contributed by atoms with van der Waals surface area (Å²) in [5.41, 5.74) is 0. The quantitative estimate of drug-likeness (QED) is 0.0199. The second-order valence-electron chi connectivity index (χ2n) is 26.4. The summed E-state index contributed by atoms with van der Waals surface area (Å²) in [5.74, 6) is -0.304. The first kappa shape index (κ1) is 84.7. The minimum atomic E-state index is -1.99. The summed E-state index contributed by atoms with van der Waals surface area (Å²) in [6.07, 6.45) is 42.3. The Balaban J connectivity index is 1.40. The van der Waals surface area contributed by atoms with Crippen LogP contribution >= 0.6 is 0 Å². The van der Waals surface area contributed by atoms with Gasteiger partial charge in [0.05, 0.1) is 38.6 Å². The van der Waals surface area contributed by atoms with Gasteiger partial charge < -0.3 is 89.9 Å². The van der Waals surface area contributed by atoms with Crippen LogP contribution in [0.1, 0.15) is 271 Å². The van der Waals surface area contributed by atoms with Crippen LogP contribution in [0.5, 0.6) is 0 Å². The topological polar surface area (TPSA) is 307 Å². The number of carbonyl (C=O) groups is 1. The molecule has 0 radical (unpaired) electrons. The lowest BCUT2D eigenvalue weighted by Gasteiger charge is -2.48. The first-order chi connectivity index (χ1) is 45.3. The maximum atomic E-state index is 13.4. The van der Waals surface area contributed by atoms with E-state index in [1.54, 1.807) is 6.08 Å². The second kappa shape index (κ2) is 55.4. The minimum Gasteiger partial charge on any atom is -0.394 e. The molecular formula is C74H133NO18. The van der Waals surface area contributed by atoms with Gasteiger partial charge in [0.15, 0.2) is 18.9 Å². The summed E-state index contributed by atoms with van der Waals surface area (Å²) >= 11 is 0. The fourth-order valence-corrected chi connectivity index (χ4v) is 12.3. The first-order valence-electron chi connectivity index (χ1n) is 37.0. The Morgan fingerprint density at radius 2 is 0.720 bits per heavy atom. The number of carbonyl (C=O) groups excluding carboxylic acids is 1. The van der Waals surface area contributed by atoms with Crippen molar-refractivity contribution < 1.29 is 89.4 Å². The highest BCUT2D eigenvalue weighted by Gasteiger charge is 2.53. The normalized spacial score (nSPS) is 27.9. The SMILES string of the molecule is CCCCC/C=C\C/C=C\CCCCCCCC(=O)NC(COC1OC(CO)C(OC2OC(CO)C(OC3OC(CO)C(O)C(O)C3O)C(O)C2O)C(O)C1O)C(O)/C=C/CC/C=C/CC/C=C/CCCCCCCCCCCCCCCCCCCCCCCCC. The summed E-state index contributed by atoms with van der Waals surface area (Å²) < 4.78 is 34.3. The van der Waals surface area contributed by atoms with Gasteiger partial charge in [-0.25, -0.2) is 0 Å². The van der Waals surface area contributed by atoms with Crippen LogP contribution in [0.15, 0.2) is 60.8 Å². The third-order valence-electron chi connectivity index (χ3n) is 18.3. The number of aliphatic hydroxyl groups excluding tert-OH is 11. The lowest BCUT2D eigenvalue weighted by molar-refractivity contribution is -0.379. The van der Waals surface area contributed by atoms with Gasteiger partial charge >= 0.3 is 0 Å². The number of hydrogen-bond donors (Lipinski definition) is 12. The molecule has 12 N–H and O–H groups in total. The van der Waals surface area contributed by atoms with Crippen molar-refractivity contribution in [3.05, 3.63) is 60.8 Å². The fourth-order valence-electron chi connectivity index (χ4n) is 12.3. The standard InChI is InChI=1S/C74H133NO18/c1-3-5-7-9-11-13-15-17-19-20-21-22-23-24-25-26-27-28-29-30-31-32-33-34-35-36-38-39-41-43-45-47-49-51-58(79)57(75-62(80)52-50-48-46-44-42-40-37-18-16-14-12-10-8-6-4-2)56-88-72-68(86)65(83)70(60(54-77)90-72)93-74-69(87)66(84)71(61(55-78)91-74)92-73-67(85)64(82)63(81)59(53-76)89-73/h12,14,18,35-37,41,43,49,51,57-61,63-74,76-79,81-87H,3-11,13,15-17,19-34,38-40,42,44-48,50,52-56H2,1-2H3,(H,75,80)/b14-12-,36-35+,37-18-,43-41+,51-49+. The largest absolute Gasteiger partial charge is 0.394 e. The van der Waals surface area contributed by atoms with Gasteiger partial charge in [0.25, 0.3) is 0 Å². The van der Waals surface area contributed by atoms with E-state index in [0.717, 1.165) is 70.6 Å². The number of rotatable bonds is 57. The van der Waals surface area contributed by atoms with Crippen LogP contribution in [0, 0.1) is 0 Å². The number of unbranched alkanes of at least 4 members (excludes halogenated alkanes) is 33. The summed E-state index contributed by atoms with van der Waals surface area (Å²) in [4.78, 5) is 13.4. The Bertz CT molecular complexity index is 1920. The zero-order chi connectivity index (χ0) is 67.5. The van der Waals surface area contributed by atoms with E-state index in [9.17, 15) is 61.0 Å². The number of aliphatic hydroxyl groups is 11. The maximum Gasteiger partial charge on any atom is 0.220 e. The molecule has 0 aromatic heterocycles. The third-order valence-corrected chi connectivity index (χ3v) is 18.3. The molecule has 1 amide bonds. The monoisotopic (exact) mass is 1320 g/mol. The third kappa shape index (κ3) is 36.8. The molecule has 0 saturated carbocycles. The first-order valence-corrected chi connectivity index (χ1v) is 37.0. The van der Waals surface area contributed by atoms with Gasteiger partial charge in [-0.3, -0.25) is 4.79 Å². The molecule has 17 atom stereocenters. The van der Waals surface area contributed by atoms with Crippen molar-refractivity contribution in [1.82, 2.24) is 5.32 Å². The Morgan fingerprint density at radius 3 is 1.16 bits per heavy atom. The summed E-state index contributed by atoms with van der Waals surface area (Å²) in [5, 5.41) is 120. The number of hydrogen-bond acceptors (Lipinski definition) is 18. The highest BCUT2D eigenvalue weighted by atomic mass is 16.8. The molecule has 0 spiro atoms. The molecule has 0 aromatic carbocycles. The van der Waals surface area contributed by atoms with E-state index in [1.165, 1.54) is 167 Å². The average molecular weight is 1320 g/mol. The van der Waals surface area contributed by atoms with Crippen molar-refractivity contribution in [2.45, 2.75) is 375 Å². The van der Waals surface area contributed by atoms with E-state index in [1.807, 2.05) is 6.08 Å². The van der Waals surface area contributed by atoms with Crippen LogP contribution in [0.4, 0.5) is 0 Å². The smallest absolute Gasteiger partial charge is 0.220 e. The Labute approximate surface area is 560 Å². The average Bonchev–Trinajstić information content (AvgIpc) is 0.814. The van der Waals surface area contributed by atoms with Gasteiger partial charge in [-0.15, -0.1) is 0 Å². The van der Waals surface area contributed by atoms with Crippen LogP contribution in [-0.4, -0.2) is 193 Å². The van der Waals surface area contributed by atoms with Gasteiger partial charge in [0.1, 0.15) is 73.2 Å². The van der Waals surface area contributed by atoms with Gasteiger partial charge in [0, 0.05) is 6.42 Å². The number of nitrogens with one attached hydrogen (secondary N) is 1. The molecule has 542 valence electrons. The van der Waals surface area contributed by atoms with Crippen LogP contribution in [0.25, 0.3) is 0 Å². The molecular weight excluding hydrogens is 1190 g/mol. The number of amides is 1. The van der Waals surface area contributed by atoms with Gasteiger partial charge in [0.2, 0.25) is 5.91 Å². The highest BCUT2D eigenvalue weighted by Crippen LogP contribution is 2.33. The predicted molar refractivity (Wildman–Crippen MR) is 365 cm³/mol. The van der Waals surface area contributed by atoms with Crippen LogP contribution < -0.4 is 5.32 Å². The van der Waals surface area contributed by atoms with E-state index in [2.05, 4.69) is 67.8 Å². The van der Waals surface area contributed by atoms with Gasteiger partial charge in [-0.1, -0.05) is 248 Å². The molecule has 17 unspecified atom stereocenters. The Kier molecular flexibility index (Phi) is 50.4. The molecule has 93 heavy (non-hydrogen) atoms. The van der Waals surface area contributed by atoms with E-state index in [4.69, 9.17) is 28.4 Å². The van der Waals surface area contributed by atoms with Crippen molar-refractivity contribution in [3.63, 3.8) is 0 Å². The van der Waals surface area contributed by atoms with Crippen LogP contribution in [0.3, 0.4) is 0 Å². The zero-order valence-electron chi connectivity index (χ0n) is 57.5. The van der Waals surface area contributed by atoms with E-state index >= 15 is 0 Å². The summed E-state index contributed by atoms with van der Waals surface area (Å²) in [6, 6.07) is -1.01. The molecule has 3 aliphatic heterocycles. The molecule has 19 nitrogen and oxygen atoms in total. The van der Waals surface area contributed by atoms with Crippen molar-refractivity contribution in [3.8, 4) is 0 Å². The molecule has 0 bridgehead atoms. The van der Waals surface area contributed by atoms with E-state index in [-0.39, 0.29) is 18.9 Å². The van der Waals surface area contributed by atoms with E-state index in [0.29, 0.717) is 12.8 Å². The summed E-state index contributed by atoms with van der Waals surface area (Å²) in [7, 11) is 0. The van der Waals surface area contributed by atoms with Gasteiger partial charge in [-0.05, 0) is 77.0 Å². The van der Waals surface area contributed by atoms with Crippen molar-refractivity contribution >= 4 is 5.91 Å². The number of allylic oxidation sites excluding steroid dienone is 9. The molecule has 0 aliphatic carbocycles. The predicted octanol–water partition coefficient (Wildman–Crippen LogP) is 10.7. The molecule has 3 fully saturated rings.